The highest BCUT2D eigenvalue weighted by Crippen LogP contribution is 2.13. The van der Waals surface area contributed by atoms with Gasteiger partial charge in [-0.15, -0.1) is 0 Å². The molecule has 2 nitrogen and oxygen atoms in total. The molecule has 2 atom stereocenters. The van der Waals surface area contributed by atoms with Crippen LogP contribution < -0.4 is 5.32 Å². The van der Waals surface area contributed by atoms with E-state index in [9.17, 15) is 0 Å². The highest BCUT2D eigenvalue weighted by atomic mass is 15.2. The van der Waals surface area contributed by atoms with Crippen molar-refractivity contribution >= 4 is 0 Å². The molecule has 0 radical (unpaired) electrons. The molecule has 1 aliphatic rings. The molecule has 0 saturated carbocycles. The van der Waals surface area contributed by atoms with E-state index in [2.05, 4.69) is 66.5 Å². The fourth-order valence-corrected chi connectivity index (χ4v) is 2.83. The average molecular weight is 258 g/mol. The Balaban J connectivity index is 1.93. The third-order valence-electron chi connectivity index (χ3n) is 3.99. The van der Waals surface area contributed by atoms with Gasteiger partial charge in [-0.1, -0.05) is 49.4 Å². The summed E-state index contributed by atoms with van der Waals surface area (Å²) in [6.45, 7) is 7.74. The van der Waals surface area contributed by atoms with E-state index in [1.54, 1.807) is 0 Å². The second-order valence-electron chi connectivity index (χ2n) is 5.38. The minimum atomic E-state index is 0.579. The Bertz CT molecular complexity index is 386. The molecule has 1 aliphatic heterocycles. The molecule has 1 N–H and O–H groups in total. The number of nitrogens with zero attached hydrogens (tertiary/aromatic N) is 1. The molecule has 1 heterocycles. The van der Waals surface area contributed by atoms with Gasteiger partial charge in [0.25, 0.3) is 0 Å². The van der Waals surface area contributed by atoms with Crippen molar-refractivity contribution in [2.75, 3.05) is 19.6 Å². The van der Waals surface area contributed by atoms with E-state index in [4.69, 9.17) is 0 Å². The molecular formula is C17H26N2. The SMILES string of the molecule is C/C=C/CN1CC(Cc2ccccc2)NCC1CC. The number of allylic oxidation sites excluding steroid dienone is 1. The summed E-state index contributed by atoms with van der Waals surface area (Å²) >= 11 is 0. The lowest BCUT2D eigenvalue weighted by molar-refractivity contribution is 0.141. The molecule has 1 saturated heterocycles. The van der Waals surface area contributed by atoms with Gasteiger partial charge in [-0.2, -0.15) is 0 Å². The number of benzene rings is 1. The maximum absolute atomic E-state index is 3.71. The van der Waals surface area contributed by atoms with Crippen LogP contribution in [-0.2, 0) is 6.42 Å². The van der Waals surface area contributed by atoms with E-state index in [-0.39, 0.29) is 0 Å². The molecule has 1 aromatic carbocycles. The second kappa shape index (κ2) is 7.46. The quantitative estimate of drug-likeness (QED) is 0.817. The van der Waals surface area contributed by atoms with Gasteiger partial charge in [0.15, 0.2) is 0 Å². The normalized spacial score (nSPS) is 24.9. The van der Waals surface area contributed by atoms with Crippen molar-refractivity contribution in [3.05, 3.63) is 48.0 Å². The number of nitrogens with one attached hydrogen (secondary N) is 1. The zero-order chi connectivity index (χ0) is 13.5. The Morgan fingerprint density at radius 3 is 2.79 bits per heavy atom. The van der Waals surface area contributed by atoms with Crippen LogP contribution in [0.25, 0.3) is 0 Å². The largest absolute Gasteiger partial charge is 0.311 e. The molecule has 0 spiro atoms. The highest BCUT2D eigenvalue weighted by molar-refractivity contribution is 5.16. The molecule has 0 amide bonds. The van der Waals surface area contributed by atoms with E-state index < -0.39 is 0 Å². The van der Waals surface area contributed by atoms with Crippen molar-refractivity contribution in [2.24, 2.45) is 0 Å². The van der Waals surface area contributed by atoms with Crippen LogP contribution >= 0.6 is 0 Å². The first-order chi connectivity index (χ1) is 9.33. The average Bonchev–Trinajstić information content (AvgIpc) is 2.46. The Morgan fingerprint density at radius 1 is 1.32 bits per heavy atom. The highest BCUT2D eigenvalue weighted by Gasteiger charge is 2.25. The number of hydrogen-bond donors (Lipinski definition) is 1. The van der Waals surface area contributed by atoms with Gasteiger partial charge in [0, 0.05) is 31.7 Å². The van der Waals surface area contributed by atoms with Crippen LogP contribution in [-0.4, -0.2) is 36.6 Å². The van der Waals surface area contributed by atoms with Crippen molar-refractivity contribution in [3.63, 3.8) is 0 Å². The number of piperazine rings is 1. The van der Waals surface area contributed by atoms with Gasteiger partial charge in [-0.05, 0) is 25.3 Å². The standard InChI is InChI=1S/C17H26N2/c1-3-5-11-19-14-16(18-13-17(19)4-2)12-15-9-7-6-8-10-15/h3,5-10,16-18H,4,11-14H2,1-2H3/b5-3+. The molecule has 1 fully saturated rings. The molecule has 2 rings (SSSR count). The molecule has 2 heteroatoms. The van der Waals surface area contributed by atoms with Crippen LogP contribution in [0, 0.1) is 0 Å². The summed E-state index contributed by atoms with van der Waals surface area (Å²) < 4.78 is 0. The molecule has 0 bridgehead atoms. The minimum Gasteiger partial charge on any atom is -0.311 e. The van der Waals surface area contributed by atoms with E-state index in [0.29, 0.717) is 12.1 Å². The summed E-state index contributed by atoms with van der Waals surface area (Å²) in [7, 11) is 0. The molecular weight excluding hydrogens is 232 g/mol. The van der Waals surface area contributed by atoms with Gasteiger partial charge in [0.2, 0.25) is 0 Å². The molecule has 1 aromatic rings. The fraction of sp³-hybridized carbons (Fsp3) is 0.529. The van der Waals surface area contributed by atoms with E-state index in [0.717, 1.165) is 26.1 Å². The van der Waals surface area contributed by atoms with Gasteiger partial charge in [-0.3, -0.25) is 4.90 Å². The Kier molecular flexibility index (Phi) is 5.62. The van der Waals surface area contributed by atoms with Crippen LogP contribution in [0.4, 0.5) is 0 Å². The third-order valence-corrected chi connectivity index (χ3v) is 3.99. The lowest BCUT2D eigenvalue weighted by atomic mass is 10.0. The predicted molar refractivity (Wildman–Crippen MR) is 82.4 cm³/mol. The Hall–Kier alpha value is -1.12. The van der Waals surface area contributed by atoms with Gasteiger partial charge in [0.05, 0.1) is 0 Å². The minimum absolute atomic E-state index is 0.579. The predicted octanol–water partition coefficient (Wildman–Crippen LogP) is 2.86. The number of hydrogen-bond acceptors (Lipinski definition) is 2. The molecule has 0 aliphatic carbocycles. The molecule has 0 aromatic heterocycles. The van der Waals surface area contributed by atoms with Crippen molar-refractivity contribution in [1.29, 1.82) is 0 Å². The second-order valence-corrected chi connectivity index (χ2v) is 5.38. The van der Waals surface area contributed by atoms with Crippen LogP contribution in [0.3, 0.4) is 0 Å². The van der Waals surface area contributed by atoms with Gasteiger partial charge in [-0.25, -0.2) is 0 Å². The molecule has 19 heavy (non-hydrogen) atoms. The topological polar surface area (TPSA) is 15.3 Å². The maximum atomic E-state index is 3.71. The zero-order valence-corrected chi connectivity index (χ0v) is 12.2. The first kappa shape index (κ1) is 14.3. The maximum Gasteiger partial charge on any atom is 0.0236 e. The van der Waals surface area contributed by atoms with Crippen LogP contribution in [0.1, 0.15) is 25.8 Å². The third kappa shape index (κ3) is 4.19. The lowest BCUT2D eigenvalue weighted by Gasteiger charge is -2.39. The summed E-state index contributed by atoms with van der Waals surface area (Å²) in [6, 6.07) is 12.1. The van der Waals surface area contributed by atoms with E-state index in [1.807, 2.05) is 0 Å². The molecule has 2 unspecified atom stereocenters. The smallest absolute Gasteiger partial charge is 0.0236 e. The fourth-order valence-electron chi connectivity index (χ4n) is 2.83. The van der Waals surface area contributed by atoms with Crippen molar-refractivity contribution in [2.45, 2.75) is 38.8 Å². The van der Waals surface area contributed by atoms with Gasteiger partial charge < -0.3 is 5.32 Å². The zero-order valence-electron chi connectivity index (χ0n) is 12.2. The van der Waals surface area contributed by atoms with Gasteiger partial charge >= 0.3 is 0 Å². The first-order valence-electron chi connectivity index (χ1n) is 7.46. The van der Waals surface area contributed by atoms with E-state index >= 15 is 0 Å². The monoisotopic (exact) mass is 258 g/mol. The Morgan fingerprint density at radius 2 is 2.11 bits per heavy atom. The van der Waals surface area contributed by atoms with Crippen molar-refractivity contribution < 1.29 is 0 Å². The van der Waals surface area contributed by atoms with Gasteiger partial charge in [0.1, 0.15) is 0 Å². The Labute approximate surface area is 117 Å². The van der Waals surface area contributed by atoms with E-state index in [1.165, 1.54) is 12.0 Å². The summed E-state index contributed by atoms with van der Waals surface area (Å²) in [4.78, 5) is 2.62. The van der Waals surface area contributed by atoms with Crippen molar-refractivity contribution in [1.82, 2.24) is 10.2 Å². The summed E-state index contributed by atoms with van der Waals surface area (Å²) in [6.07, 6.45) is 6.78. The van der Waals surface area contributed by atoms with Crippen LogP contribution in [0.5, 0.6) is 0 Å². The van der Waals surface area contributed by atoms with Crippen LogP contribution in [0.15, 0.2) is 42.5 Å². The van der Waals surface area contributed by atoms with Crippen molar-refractivity contribution in [3.8, 4) is 0 Å². The lowest BCUT2D eigenvalue weighted by Crippen LogP contribution is -2.56. The summed E-state index contributed by atoms with van der Waals surface area (Å²) in [5.41, 5.74) is 1.43. The summed E-state index contributed by atoms with van der Waals surface area (Å²) in [5, 5.41) is 3.71. The number of rotatable bonds is 5. The first-order valence-corrected chi connectivity index (χ1v) is 7.46. The van der Waals surface area contributed by atoms with Crippen LogP contribution in [0.2, 0.25) is 0 Å². The summed E-state index contributed by atoms with van der Waals surface area (Å²) in [5.74, 6) is 0. The molecule has 104 valence electrons.